The Morgan fingerprint density at radius 3 is 2.14 bits per heavy atom. The summed E-state index contributed by atoms with van der Waals surface area (Å²) in [7, 11) is 0. The van der Waals surface area contributed by atoms with Crippen LogP contribution in [0.2, 0.25) is 0 Å². The zero-order valence-corrected chi connectivity index (χ0v) is 10.2. The molecule has 0 amide bonds. The smallest absolute Gasteiger partial charge is 0.0264 e. The second-order valence-corrected chi connectivity index (χ2v) is 5.99. The third kappa shape index (κ3) is 1.51. The van der Waals surface area contributed by atoms with Crippen molar-refractivity contribution in [3.63, 3.8) is 0 Å². The molecule has 2 bridgehead atoms. The molecule has 0 spiro atoms. The molecule has 0 saturated heterocycles. The van der Waals surface area contributed by atoms with Crippen LogP contribution in [-0.2, 0) is 0 Å². The SMILES string of the molecule is CCCC1(CCC)CC2CC(C)C1C2. The molecule has 14 heavy (non-hydrogen) atoms. The Labute approximate surface area is 89.5 Å². The van der Waals surface area contributed by atoms with E-state index < -0.39 is 0 Å². The minimum Gasteiger partial charge on any atom is -0.0654 e. The van der Waals surface area contributed by atoms with Crippen LogP contribution in [0, 0.1) is 23.2 Å². The van der Waals surface area contributed by atoms with Gasteiger partial charge in [0.2, 0.25) is 0 Å². The van der Waals surface area contributed by atoms with Gasteiger partial charge in [-0.1, -0.05) is 33.6 Å². The van der Waals surface area contributed by atoms with Crippen LogP contribution >= 0.6 is 0 Å². The fraction of sp³-hybridized carbons (Fsp3) is 1.00. The number of hydrogen-bond donors (Lipinski definition) is 0. The van der Waals surface area contributed by atoms with E-state index in [2.05, 4.69) is 20.8 Å². The maximum absolute atomic E-state index is 2.50. The van der Waals surface area contributed by atoms with Gasteiger partial charge in [0.1, 0.15) is 0 Å². The Bertz CT molecular complexity index is 188. The van der Waals surface area contributed by atoms with Crippen LogP contribution in [-0.4, -0.2) is 0 Å². The second-order valence-electron chi connectivity index (χ2n) is 5.99. The van der Waals surface area contributed by atoms with E-state index in [1.54, 1.807) is 19.3 Å². The number of hydrogen-bond acceptors (Lipinski definition) is 0. The molecule has 2 rings (SSSR count). The second kappa shape index (κ2) is 3.87. The first-order valence-corrected chi connectivity index (χ1v) is 6.72. The molecule has 2 aliphatic carbocycles. The van der Waals surface area contributed by atoms with Crippen molar-refractivity contribution in [1.82, 2.24) is 0 Å². The third-order valence-electron chi connectivity index (χ3n) is 4.96. The standard InChI is InChI=1S/C14H26/c1-4-6-14(7-5-2)10-12-8-11(3)13(14)9-12/h11-13H,4-10H2,1-3H3. The lowest BCUT2D eigenvalue weighted by atomic mass is 9.64. The highest BCUT2D eigenvalue weighted by molar-refractivity contribution is 5.02. The molecule has 3 atom stereocenters. The van der Waals surface area contributed by atoms with Gasteiger partial charge in [-0.25, -0.2) is 0 Å². The Morgan fingerprint density at radius 2 is 1.71 bits per heavy atom. The summed E-state index contributed by atoms with van der Waals surface area (Å²) < 4.78 is 0. The lowest BCUT2D eigenvalue weighted by Gasteiger charge is -2.41. The molecule has 2 aliphatic rings. The van der Waals surface area contributed by atoms with E-state index in [1.165, 1.54) is 25.7 Å². The monoisotopic (exact) mass is 194 g/mol. The average molecular weight is 194 g/mol. The predicted octanol–water partition coefficient (Wildman–Crippen LogP) is 4.64. The molecule has 2 fully saturated rings. The van der Waals surface area contributed by atoms with Crippen LogP contribution in [0.4, 0.5) is 0 Å². The van der Waals surface area contributed by atoms with Gasteiger partial charge in [-0.2, -0.15) is 0 Å². The van der Waals surface area contributed by atoms with Crippen LogP contribution < -0.4 is 0 Å². The van der Waals surface area contributed by atoms with E-state index in [4.69, 9.17) is 0 Å². The molecular weight excluding hydrogens is 168 g/mol. The minimum absolute atomic E-state index is 0.784. The van der Waals surface area contributed by atoms with E-state index in [0.29, 0.717) is 0 Å². The molecule has 2 saturated carbocycles. The van der Waals surface area contributed by atoms with Crippen molar-refractivity contribution in [3.05, 3.63) is 0 Å². The lowest BCUT2D eigenvalue weighted by Crippen LogP contribution is -2.31. The van der Waals surface area contributed by atoms with Gasteiger partial charge in [0, 0.05) is 0 Å². The van der Waals surface area contributed by atoms with Crippen molar-refractivity contribution >= 4 is 0 Å². The Morgan fingerprint density at radius 1 is 1.07 bits per heavy atom. The van der Waals surface area contributed by atoms with Gasteiger partial charge in [-0.3, -0.25) is 0 Å². The van der Waals surface area contributed by atoms with Crippen molar-refractivity contribution in [3.8, 4) is 0 Å². The number of fused-ring (bicyclic) bond motifs is 2. The van der Waals surface area contributed by atoms with Crippen molar-refractivity contribution in [1.29, 1.82) is 0 Å². The highest BCUT2D eigenvalue weighted by Gasteiger charge is 2.52. The summed E-state index contributed by atoms with van der Waals surface area (Å²) in [6.45, 7) is 7.24. The molecule has 0 heterocycles. The molecule has 0 N–H and O–H groups in total. The fourth-order valence-corrected chi connectivity index (χ4v) is 4.82. The van der Waals surface area contributed by atoms with Gasteiger partial charge in [0.15, 0.2) is 0 Å². The normalized spacial score (nSPS) is 39.2. The van der Waals surface area contributed by atoms with E-state index in [-0.39, 0.29) is 0 Å². The third-order valence-corrected chi connectivity index (χ3v) is 4.96. The van der Waals surface area contributed by atoms with Gasteiger partial charge in [-0.15, -0.1) is 0 Å². The molecule has 0 aromatic carbocycles. The summed E-state index contributed by atoms with van der Waals surface area (Å²) >= 11 is 0. The van der Waals surface area contributed by atoms with E-state index in [9.17, 15) is 0 Å². The van der Waals surface area contributed by atoms with Crippen LogP contribution in [0.3, 0.4) is 0 Å². The van der Waals surface area contributed by atoms with Crippen LogP contribution in [0.5, 0.6) is 0 Å². The highest BCUT2D eigenvalue weighted by Crippen LogP contribution is 2.62. The number of rotatable bonds is 4. The van der Waals surface area contributed by atoms with Crippen molar-refractivity contribution < 1.29 is 0 Å². The summed E-state index contributed by atoms with van der Waals surface area (Å²) in [5.41, 5.74) is 0.784. The van der Waals surface area contributed by atoms with Crippen LogP contribution in [0.25, 0.3) is 0 Å². The minimum atomic E-state index is 0.784. The lowest BCUT2D eigenvalue weighted by molar-refractivity contribution is 0.0913. The van der Waals surface area contributed by atoms with Crippen LogP contribution in [0.15, 0.2) is 0 Å². The molecular formula is C14H26. The van der Waals surface area contributed by atoms with E-state index in [0.717, 1.165) is 23.2 Å². The molecule has 0 aliphatic heterocycles. The average Bonchev–Trinajstić information content (AvgIpc) is 2.61. The first kappa shape index (κ1) is 10.5. The largest absolute Gasteiger partial charge is 0.0654 e. The zero-order chi connectivity index (χ0) is 10.2. The van der Waals surface area contributed by atoms with E-state index >= 15 is 0 Å². The highest BCUT2D eigenvalue weighted by atomic mass is 14.6. The Kier molecular flexibility index (Phi) is 2.91. The first-order chi connectivity index (χ1) is 6.72. The molecule has 82 valence electrons. The molecule has 0 heteroatoms. The quantitative estimate of drug-likeness (QED) is 0.611. The van der Waals surface area contributed by atoms with E-state index in [1.807, 2.05) is 0 Å². The molecule has 0 aromatic heterocycles. The van der Waals surface area contributed by atoms with Crippen molar-refractivity contribution in [2.75, 3.05) is 0 Å². The van der Waals surface area contributed by atoms with Crippen molar-refractivity contribution in [2.45, 2.75) is 65.7 Å². The maximum atomic E-state index is 2.50. The molecule has 0 nitrogen and oxygen atoms in total. The first-order valence-electron chi connectivity index (χ1n) is 6.72. The van der Waals surface area contributed by atoms with Crippen molar-refractivity contribution in [2.24, 2.45) is 23.2 Å². The maximum Gasteiger partial charge on any atom is -0.0264 e. The molecule has 3 unspecified atom stereocenters. The molecule has 0 radical (unpaired) electrons. The summed E-state index contributed by atoms with van der Waals surface area (Å²) in [6.07, 6.45) is 10.5. The van der Waals surface area contributed by atoms with Gasteiger partial charge in [-0.05, 0) is 55.3 Å². The Balaban J connectivity index is 2.11. The van der Waals surface area contributed by atoms with Gasteiger partial charge < -0.3 is 0 Å². The fourth-order valence-electron chi connectivity index (χ4n) is 4.82. The van der Waals surface area contributed by atoms with Gasteiger partial charge in [0.25, 0.3) is 0 Å². The predicted molar refractivity (Wildman–Crippen MR) is 62.2 cm³/mol. The summed E-state index contributed by atoms with van der Waals surface area (Å²) in [4.78, 5) is 0. The summed E-state index contributed by atoms with van der Waals surface area (Å²) in [5, 5.41) is 0. The summed E-state index contributed by atoms with van der Waals surface area (Å²) in [5.74, 6) is 3.23. The van der Waals surface area contributed by atoms with Gasteiger partial charge in [0.05, 0.1) is 0 Å². The molecule has 0 aromatic rings. The van der Waals surface area contributed by atoms with Crippen LogP contribution in [0.1, 0.15) is 65.7 Å². The Hall–Kier alpha value is 0. The zero-order valence-electron chi connectivity index (χ0n) is 10.2. The summed E-state index contributed by atoms with van der Waals surface area (Å²) in [6, 6.07) is 0. The topological polar surface area (TPSA) is 0 Å². The van der Waals surface area contributed by atoms with Gasteiger partial charge >= 0.3 is 0 Å².